The van der Waals surface area contributed by atoms with Gasteiger partial charge in [0.2, 0.25) is 5.43 Å². The zero-order valence-corrected chi connectivity index (χ0v) is 20.5. The highest BCUT2D eigenvalue weighted by Crippen LogP contribution is 2.28. The molecule has 3 amide bonds. The van der Waals surface area contributed by atoms with Gasteiger partial charge in [0.1, 0.15) is 11.1 Å². The molecule has 9 nitrogen and oxygen atoms in total. The van der Waals surface area contributed by atoms with E-state index in [1.165, 1.54) is 12.7 Å². The van der Waals surface area contributed by atoms with Crippen LogP contribution < -0.4 is 10.7 Å². The van der Waals surface area contributed by atoms with Crippen molar-refractivity contribution in [1.82, 2.24) is 19.7 Å². The first-order chi connectivity index (χ1) is 16.8. The Balaban J connectivity index is 1.56. The summed E-state index contributed by atoms with van der Waals surface area (Å²) in [6.45, 7) is 5.71. The van der Waals surface area contributed by atoms with Gasteiger partial charge in [-0.15, -0.1) is 0 Å². The zero-order valence-electron chi connectivity index (χ0n) is 20.5. The predicted octanol–water partition coefficient (Wildman–Crippen LogP) is 2.93. The van der Waals surface area contributed by atoms with E-state index in [1.807, 2.05) is 18.4 Å². The lowest BCUT2D eigenvalue weighted by Crippen LogP contribution is -2.51. The van der Waals surface area contributed by atoms with Crippen molar-refractivity contribution in [3.63, 3.8) is 0 Å². The first-order valence-corrected chi connectivity index (χ1v) is 12.5. The minimum absolute atomic E-state index is 0.00806. The molecular weight excluding hydrogens is 448 g/mol. The molecule has 1 aliphatic heterocycles. The highest BCUT2D eigenvalue weighted by Gasteiger charge is 2.30. The summed E-state index contributed by atoms with van der Waals surface area (Å²) in [5.41, 5.74) is -0.523. The van der Waals surface area contributed by atoms with Gasteiger partial charge < -0.3 is 24.1 Å². The molecule has 2 aromatic heterocycles. The number of piperazine rings is 1. The Bertz CT molecular complexity index is 1110. The van der Waals surface area contributed by atoms with Gasteiger partial charge >= 0.3 is 0 Å². The summed E-state index contributed by atoms with van der Waals surface area (Å²) >= 11 is 0. The van der Waals surface area contributed by atoms with E-state index in [9.17, 15) is 19.2 Å². The van der Waals surface area contributed by atoms with Gasteiger partial charge in [0.15, 0.2) is 5.76 Å². The summed E-state index contributed by atoms with van der Waals surface area (Å²) in [5, 5.41) is 2.82. The van der Waals surface area contributed by atoms with E-state index < -0.39 is 17.2 Å². The Kier molecular flexibility index (Phi) is 7.73. The first-order valence-electron chi connectivity index (χ1n) is 12.5. The maximum absolute atomic E-state index is 13.5. The van der Waals surface area contributed by atoms with E-state index in [1.54, 1.807) is 34.3 Å². The molecule has 0 atom stereocenters. The Morgan fingerprint density at radius 1 is 0.971 bits per heavy atom. The van der Waals surface area contributed by atoms with Crippen molar-refractivity contribution < 1.29 is 18.8 Å². The molecule has 1 saturated carbocycles. The van der Waals surface area contributed by atoms with Crippen molar-refractivity contribution in [3.05, 3.63) is 57.9 Å². The molecule has 35 heavy (non-hydrogen) atoms. The van der Waals surface area contributed by atoms with Crippen LogP contribution in [0.5, 0.6) is 0 Å². The Morgan fingerprint density at radius 2 is 1.60 bits per heavy atom. The molecule has 1 aliphatic carbocycles. The number of rotatable bonds is 6. The highest BCUT2D eigenvalue weighted by molar-refractivity contribution is 5.99. The van der Waals surface area contributed by atoms with Gasteiger partial charge in [-0.3, -0.25) is 19.2 Å². The van der Waals surface area contributed by atoms with Crippen LogP contribution in [0.25, 0.3) is 0 Å². The Hall–Kier alpha value is -3.36. The number of nitrogens with zero attached hydrogens (tertiary/aromatic N) is 3. The van der Waals surface area contributed by atoms with E-state index in [2.05, 4.69) is 5.32 Å². The number of carbonyl (C=O) groups excluding carboxylic acids is 3. The predicted molar refractivity (Wildman–Crippen MR) is 131 cm³/mol. The first kappa shape index (κ1) is 24.8. The lowest BCUT2D eigenvalue weighted by Gasteiger charge is -2.34. The normalized spacial score (nSPS) is 17.0. The van der Waals surface area contributed by atoms with E-state index in [-0.39, 0.29) is 34.8 Å². The fraction of sp³-hybridized carbons (Fsp3) is 0.538. The van der Waals surface area contributed by atoms with Gasteiger partial charge in [-0.05, 0) is 30.9 Å². The molecule has 0 spiro atoms. The van der Waals surface area contributed by atoms with Crippen LogP contribution in [0.3, 0.4) is 0 Å². The molecule has 0 aromatic carbocycles. The third kappa shape index (κ3) is 5.66. The molecule has 1 saturated heterocycles. The summed E-state index contributed by atoms with van der Waals surface area (Å²) in [6, 6.07) is 3.44. The summed E-state index contributed by atoms with van der Waals surface area (Å²) in [7, 11) is 0. The number of carbonyl (C=O) groups is 3. The summed E-state index contributed by atoms with van der Waals surface area (Å²) in [6.07, 6.45) is 9.94. The second-order valence-electron chi connectivity index (χ2n) is 9.82. The molecule has 1 N–H and O–H groups in total. The number of hydrogen-bond donors (Lipinski definition) is 1. The van der Waals surface area contributed by atoms with E-state index >= 15 is 0 Å². The largest absolute Gasteiger partial charge is 0.459 e. The maximum Gasteiger partial charge on any atom is 0.289 e. The molecular formula is C26H34N4O5. The van der Waals surface area contributed by atoms with Crippen molar-refractivity contribution in [1.29, 1.82) is 0 Å². The Labute approximate surface area is 205 Å². The molecule has 0 unspecified atom stereocenters. The van der Waals surface area contributed by atoms with Crippen LogP contribution in [-0.2, 0) is 0 Å². The van der Waals surface area contributed by atoms with Crippen LogP contribution >= 0.6 is 0 Å². The van der Waals surface area contributed by atoms with Gasteiger partial charge in [-0.1, -0.05) is 33.1 Å². The van der Waals surface area contributed by atoms with E-state index in [0.717, 1.165) is 25.7 Å². The summed E-state index contributed by atoms with van der Waals surface area (Å²) in [4.78, 5) is 55.4. The zero-order chi connectivity index (χ0) is 24.9. The van der Waals surface area contributed by atoms with Crippen molar-refractivity contribution in [2.75, 3.05) is 32.7 Å². The number of furan rings is 1. The molecule has 2 aromatic rings. The lowest BCUT2D eigenvalue weighted by atomic mass is 9.95. The second-order valence-corrected chi connectivity index (χ2v) is 9.82. The molecule has 3 heterocycles. The number of hydrogen-bond acceptors (Lipinski definition) is 5. The number of aromatic nitrogens is 1. The average Bonchev–Trinajstić information content (AvgIpc) is 3.42. The third-order valence-electron chi connectivity index (χ3n) is 6.77. The molecule has 188 valence electrons. The fourth-order valence-electron chi connectivity index (χ4n) is 4.73. The second kappa shape index (κ2) is 10.9. The quantitative estimate of drug-likeness (QED) is 0.682. The lowest BCUT2D eigenvalue weighted by molar-refractivity contribution is 0.0516. The number of pyridine rings is 1. The minimum atomic E-state index is -0.544. The van der Waals surface area contributed by atoms with Gasteiger partial charge in [0.25, 0.3) is 17.7 Å². The molecule has 2 fully saturated rings. The molecule has 0 bridgehead atoms. The van der Waals surface area contributed by atoms with Crippen LogP contribution in [0.1, 0.15) is 83.3 Å². The monoisotopic (exact) mass is 482 g/mol. The standard InChI is InChI=1S/C26H34N4O5/c1-18(2)15-27-24(32)20-16-30(19-7-4-3-5-8-19)17-21(23(20)31)25(33)28-10-12-29(13-11-28)26(34)22-9-6-14-35-22/h6,9,14,16-19H,3-5,7-8,10-13,15H2,1-2H3,(H,27,32). The van der Waals surface area contributed by atoms with Crippen molar-refractivity contribution in [2.45, 2.75) is 52.0 Å². The summed E-state index contributed by atoms with van der Waals surface area (Å²) in [5.74, 6) is -0.560. The molecule has 4 rings (SSSR count). The van der Waals surface area contributed by atoms with Gasteiger partial charge in [-0.2, -0.15) is 0 Å². The van der Waals surface area contributed by atoms with Crippen LogP contribution in [0.2, 0.25) is 0 Å². The van der Waals surface area contributed by atoms with Gasteiger partial charge in [-0.25, -0.2) is 0 Å². The smallest absolute Gasteiger partial charge is 0.289 e. The van der Waals surface area contributed by atoms with Crippen molar-refractivity contribution in [3.8, 4) is 0 Å². The van der Waals surface area contributed by atoms with Crippen LogP contribution in [0.15, 0.2) is 40.0 Å². The van der Waals surface area contributed by atoms with E-state index in [4.69, 9.17) is 4.42 Å². The minimum Gasteiger partial charge on any atom is -0.459 e. The molecule has 2 aliphatic rings. The molecule has 9 heteroatoms. The average molecular weight is 483 g/mol. The highest BCUT2D eigenvalue weighted by atomic mass is 16.3. The summed E-state index contributed by atoms with van der Waals surface area (Å²) < 4.78 is 7.09. The number of nitrogens with one attached hydrogen (secondary N) is 1. The van der Waals surface area contributed by atoms with E-state index in [0.29, 0.717) is 32.7 Å². The number of amides is 3. The SMILES string of the molecule is CC(C)CNC(=O)c1cn(C2CCCCC2)cc(C(=O)N2CCN(C(=O)c3ccco3)CC2)c1=O. The van der Waals surface area contributed by atoms with Crippen molar-refractivity contribution in [2.24, 2.45) is 5.92 Å². The van der Waals surface area contributed by atoms with Crippen LogP contribution in [0.4, 0.5) is 0 Å². The topological polar surface area (TPSA) is 105 Å². The maximum atomic E-state index is 13.5. The van der Waals surface area contributed by atoms with Gasteiger partial charge in [0.05, 0.1) is 6.26 Å². The molecule has 0 radical (unpaired) electrons. The fourth-order valence-corrected chi connectivity index (χ4v) is 4.73. The van der Waals surface area contributed by atoms with Gasteiger partial charge in [0, 0.05) is 51.2 Å². The van der Waals surface area contributed by atoms with Crippen molar-refractivity contribution >= 4 is 17.7 Å². The van der Waals surface area contributed by atoms with Crippen LogP contribution in [0, 0.1) is 5.92 Å². The third-order valence-corrected chi connectivity index (χ3v) is 6.77. The van der Waals surface area contributed by atoms with Crippen LogP contribution in [-0.4, -0.2) is 64.8 Å². The Morgan fingerprint density at radius 3 is 2.20 bits per heavy atom.